The Morgan fingerprint density at radius 3 is 2.42 bits per heavy atom. The summed E-state index contributed by atoms with van der Waals surface area (Å²) in [5.41, 5.74) is 5.52. The average molecular weight is 443 g/mol. The molecule has 0 saturated heterocycles. The van der Waals surface area contributed by atoms with Crippen molar-refractivity contribution in [3.05, 3.63) is 91.9 Å². The number of carbonyl (C=O) groups excluding carboxylic acids is 2. The van der Waals surface area contributed by atoms with Crippen LogP contribution in [0.15, 0.2) is 52.9 Å². The molecule has 0 radical (unpaired) electrons. The Bertz CT molecular complexity index is 1160. The average Bonchev–Trinajstić information content (AvgIpc) is 3.09. The van der Waals surface area contributed by atoms with Crippen LogP contribution in [-0.4, -0.2) is 16.7 Å². The van der Waals surface area contributed by atoms with Crippen molar-refractivity contribution < 1.29 is 18.9 Å². The lowest BCUT2D eigenvalue weighted by Crippen LogP contribution is -2.41. The largest absolute Gasteiger partial charge is 0.466 e. The number of furan rings is 1. The van der Waals surface area contributed by atoms with E-state index in [1.807, 2.05) is 6.07 Å². The van der Waals surface area contributed by atoms with Gasteiger partial charge in [-0.05, 0) is 43.7 Å². The maximum absolute atomic E-state index is 12.4. The first-order valence-electron chi connectivity index (χ1n) is 9.19. The second kappa shape index (κ2) is 9.31. The van der Waals surface area contributed by atoms with Gasteiger partial charge < -0.3 is 9.73 Å². The molecule has 0 saturated carbocycles. The number of aryl methyl sites for hydroxylation is 2. The number of rotatable bonds is 6. The first-order chi connectivity index (χ1) is 14.8. The first-order valence-corrected chi connectivity index (χ1v) is 9.57. The number of nitrogens with zero attached hydrogens (tertiary/aromatic N) is 1. The highest BCUT2D eigenvalue weighted by molar-refractivity contribution is 6.31. The lowest BCUT2D eigenvalue weighted by atomic mass is 10.1. The molecule has 0 unspecified atom stereocenters. The number of nitrogens with one attached hydrogen (secondary N) is 3. The van der Waals surface area contributed by atoms with Crippen LogP contribution in [0.25, 0.3) is 0 Å². The summed E-state index contributed by atoms with van der Waals surface area (Å²) in [5.74, 6) is -0.291. The van der Waals surface area contributed by atoms with Crippen molar-refractivity contribution in [1.29, 1.82) is 0 Å². The molecule has 0 spiro atoms. The van der Waals surface area contributed by atoms with Crippen molar-refractivity contribution in [1.82, 2.24) is 10.9 Å². The van der Waals surface area contributed by atoms with Crippen molar-refractivity contribution in [2.75, 3.05) is 5.32 Å². The Kier molecular flexibility index (Phi) is 6.56. The van der Waals surface area contributed by atoms with Gasteiger partial charge >= 0.3 is 0 Å². The van der Waals surface area contributed by atoms with Crippen LogP contribution in [0.5, 0.6) is 0 Å². The second-order valence-corrected chi connectivity index (χ2v) is 7.08. The van der Waals surface area contributed by atoms with Gasteiger partial charge in [-0.25, -0.2) is 0 Å². The molecule has 0 atom stereocenters. The zero-order valence-corrected chi connectivity index (χ0v) is 17.4. The number of anilines is 1. The van der Waals surface area contributed by atoms with Crippen LogP contribution in [0.1, 0.15) is 37.8 Å². The van der Waals surface area contributed by atoms with Gasteiger partial charge in [0.15, 0.2) is 0 Å². The van der Waals surface area contributed by atoms with Crippen molar-refractivity contribution in [3.8, 4) is 0 Å². The summed E-state index contributed by atoms with van der Waals surface area (Å²) in [6.45, 7) is 3.59. The number of hydrazine groups is 1. The minimum absolute atomic E-state index is 0.00962. The number of amides is 2. The number of carbonyl (C=O) groups is 2. The molecule has 0 aliphatic carbocycles. The lowest BCUT2D eigenvalue weighted by molar-refractivity contribution is -0.384. The minimum atomic E-state index is -0.702. The van der Waals surface area contributed by atoms with Crippen LogP contribution in [0.4, 0.5) is 11.4 Å². The van der Waals surface area contributed by atoms with E-state index in [1.165, 1.54) is 12.1 Å². The Morgan fingerprint density at radius 2 is 1.77 bits per heavy atom. The van der Waals surface area contributed by atoms with Gasteiger partial charge in [-0.15, -0.1) is 0 Å². The molecule has 0 fully saturated rings. The third kappa shape index (κ3) is 5.20. The van der Waals surface area contributed by atoms with Gasteiger partial charge in [0.25, 0.3) is 17.5 Å². The predicted octanol–water partition coefficient (Wildman–Crippen LogP) is 4.14. The predicted molar refractivity (Wildman–Crippen MR) is 115 cm³/mol. The van der Waals surface area contributed by atoms with Crippen LogP contribution < -0.4 is 16.2 Å². The molecule has 1 heterocycles. The van der Waals surface area contributed by atoms with Crippen LogP contribution in [0, 0.1) is 24.0 Å². The van der Waals surface area contributed by atoms with Gasteiger partial charge in [-0.3, -0.25) is 30.6 Å². The zero-order valence-electron chi connectivity index (χ0n) is 16.7. The van der Waals surface area contributed by atoms with Crippen molar-refractivity contribution in [2.24, 2.45) is 0 Å². The molecule has 9 nitrogen and oxygen atoms in total. The zero-order chi connectivity index (χ0) is 22.5. The topological polar surface area (TPSA) is 127 Å². The van der Waals surface area contributed by atoms with Crippen LogP contribution in [-0.2, 0) is 6.54 Å². The summed E-state index contributed by atoms with van der Waals surface area (Å²) in [6, 6.07) is 12.6. The summed E-state index contributed by atoms with van der Waals surface area (Å²) in [5, 5.41) is 15.0. The Labute approximate surface area is 182 Å². The van der Waals surface area contributed by atoms with Gasteiger partial charge in [-0.2, -0.15) is 0 Å². The standard InChI is InChI=1S/C21H19ClN4O5/c1-12-9-16(13(2)31-12)21(28)25-24-20(27)14-7-8-18(19(10-14)26(29)30)23-11-15-5-3-4-6-17(15)22/h3-10,23H,11H2,1-2H3,(H,24,27)(H,25,28). The molecule has 0 bridgehead atoms. The molecule has 0 aliphatic heterocycles. The van der Waals surface area contributed by atoms with Crippen LogP contribution >= 0.6 is 11.6 Å². The Balaban J connectivity index is 1.70. The second-order valence-electron chi connectivity index (χ2n) is 6.67. The van der Waals surface area contributed by atoms with Gasteiger partial charge in [0.2, 0.25) is 0 Å². The highest BCUT2D eigenvalue weighted by atomic mass is 35.5. The van der Waals surface area contributed by atoms with E-state index in [0.717, 1.165) is 11.6 Å². The highest BCUT2D eigenvalue weighted by Crippen LogP contribution is 2.27. The van der Waals surface area contributed by atoms with Crippen molar-refractivity contribution >= 4 is 34.8 Å². The maximum Gasteiger partial charge on any atom is 0.293 e. The molecule has 3 N–H and O–H groups in total. The van der Waals surface area contributed by atoms with Crippen molar-refractivity contribution in [3.63, 3.8) is 0 Å². The SMILES string of the molecule is Cc1cc(C(=O)NNC(=O)c2ccc(NCc3ccccc3Cl)c([N+](=O)[O-])c2)c(C)o1. The molecule has 0 aliphatic rings. The van der Waals surface area contributed by atoms with E-state index in [0.29, 0.717) is 16.5 Å². The first kappa shape index (κ1) is 21.8. The number of hydrogen-bond donors (Lipinski definition) is 3. The number of hydrogen-bond acceptors (Lipinski definition) is 6. The molecule has 3 rings (SSSR count). The number of nitro benzene ring substituents is 1. The van der Waals surface area contributed by atoms with Gasteiger partial charge in [0.1, 0.15) is 17.2 Å². The van der Waals surface area contributed by atoms with E-state index >= 15 is 0 Å². The lowest BCUT2D eigenvalue weighted by Gasteiger charge is -2.10. The van der Waals surface area contributed by atoms with Gasteiger partial charge in [-0.1, -0.05) is 29.8 Å². The molecule has 2 amide bonds. The summed E-state index contributed by atoms with van der Waals surface area (Å²) in [6.07, 6.45) is 0. The minimum Gasteiger partial charge on any atom is -0.466 e. The fourth-order valence-corrected chi connectivity index (χ4v) is 3.12. The fraction of sp³-hybridized carbons (Fsp3) is 0.143. The molecular weight excluding hydrogens is 424 g/mol. The van der Waals surface area contributed by atoms with E-state index in [2.05, 4.69) is 16.2 Å². The number of benzene rings is 2. The Hall–Kier alpha value is -3.85. The Morgan fingerprint density at radius 1 is 1.06 bits per heavy atom. The monoisotopic (exact) mass is 442 g/mol. The van der Waals surface area contributed by atoms with E-state index in [9.17, 15) is 19.7 Å². The number of halogens is 1. The highest BCUT2D eigenvalue weighted by Gasteiger charge is 2.19. The van der Waals surface area contributed by atoms with E-state index in [4.69, 9.17) is 16.0 Å². The van der Waals surface area contributed by atoms with Crippen molar-refractivity contribution in [2.45, 2.75) is 20.4 Å². The van der Waals surface area contributed by atoms with Gasteiger partial charge in [0, 0.05) is 23.2 Å². The molecular formula is C21H19ClN4O5. The van der Waals surface area contributed by atoms with Crippen LogP contribution in [0.3, 0.4) is 0 Å². The quantitative estimate of drug-likeness (QED) is 0.389. The summed E-state index contributed by atoms with van der Waals surface area (Å²) in [7, 11) is 0. The molecule has 1 aromatic heterocycles. The maximum atomic E-state index is 12.4. The van der Waals surface area contributed by atoms with E-state index in [1.54, 1.807) is 38.1 Å². The van der Waals surface area contributed by atoms with E-state index < -0.39 is 16.7 Å². The fourth-order valence-electron chi connectivity index (χ4n) is 2.91. The van der Waals surface area contributed by atoms with E-state index in [-0.39, 0.29) is 29.0 Å². The van der Waals surface area contributed by atoms with Crippen LogP contribution in [0.2, 0.25) is 5.02 Å². The summed E-state index contributed by atoms with van der Waals surface area (Å²) < 4.78 is 5.28. The summed E-state index contributed by atoms with van der Waals surface area (Å²) >= 11 is 6.11. The third-order valence-electron chi connectivity index (χ3n) is 4.46. The molecule has 2 aromatic carbocycles. The number of nitro groups is 1. The normalized spacial score (nSPS) is 10.4. The smallest absolute Gasteiger partial charge is 0.293 e. The molecule has 3 aromatic rings. The molecule has 31 heavy (non-hydrogen) atoms. The third-order valence-corrected chi connectivity index (χ3v) is 4.83. The molecule has 10 heteroatoms. The van der Waals surface area contributed by atoms with Gasteiger partial charge in [0.05, 0.1) is 10.5 Å². The summed E-state index contributed by atoms with van der Waals surface area (Å²) in [4.78, 5) is 35.4. The molecule has 160 valence electrons.